The molecule has 0 spiro atoms. The molecule has 0 aliphatic rings. The molecule has 0 aliphatic carbocycles. The van der Waals surface area contributed by atoms with E-state index >= 15 is 0 Å². The number of nitrogens with zero attached hydrogens (tertiary/aromatic N) is 1. The minimum Gasteiger partial charge on any atom is -0.302 e. The summed E-state index contributed by atoms with van der Waals surface area (Å²) in [4.78, 5) is 0. The lowest BCUT2D eigenvalue weighted by Gasteiger charge is -2.13. The van der Waals surface area contributed by atoms with Gasteiger partial charge in [0.25, 0.3) is 0 Å². The monoisotopic (exact) mass is 354 g/mol. The second-order valence-corrected chi connectivity index (χ2v) is 6.06. The van der Waals surface area contributed by atoms with Crippen molar-refractivity contribution >= 4 is 5.70 Å². The summed E-state index contributed by atoms with van der Waals surface area (Å²) in [6, 6.07) is 16.1. The van der Waals surface area contributed by atoms with Gasteiger partial charge in [0.05, 0.1) is 5.56 Å². The quantitative estimate of drug-likeness (QED) is 0.645. The number of aryl methyl sites for hydroxylation is 1. The van der Waals surface area contributed by atoms with Gasteiger partial charge in [0.1, 0.15) is 5.49 Å². The molecule has 26 heavy (non-hydrogen) atoms. The molecule has 3 rings (SSSR count). The van der Waals surface area contributed by atoms with Crippen LogP contribution in [0.25, 0.3) is 16.8 Å². The number of rotatable bonds is 3. The van der Waals surface area contributed by atoms with Crippen molar-refractivity contribution in [1.82, 2.24) is 4.57 Å². The molecule has 0 amide bonds. The van der Waals surface area contributed by atoms with Crippen molar-refractivity contribution in [2.75, 3.05) is 0 Å². The summed E-state index contributed by atoms with van der Waals surface area (Å²) >= 11 is 0. The van der Waals surface area contributed by atoms with Gasteiger partial charge in [-0.3, -0.25) is 5.41 Å². The van der Waals surface area contributed by atoms with E-state index in [-0.39, 0.29) is 5.49 Å². The van der Waals surface area contributed by atoms with E-state index in [1.807, 2.05) is 31.2 Å². The molecule has 0 bridgehead atoms. The van der Waals surface area contributed by atoms with Crippen molar-refractivity contribution in [3.63, 3.8) is 0 Å². The summed E-state index contributed by atoms with van der Waals surface area (Å²) in [6.07, 6.45) is -2.65. The molecule has 2 aromatic carbocycles. The molecule has 0 fully saturated rings. The highest BCUT2D eigenvalue weighted by Gasteiger charge is 2.29. The van der Waals surface area contributed by atoms with Crippen LogP contribution in [0.2, 0.25) is 0 Å². The second-order valence-electron chi connectivity index (χ2n) is 6.06. The van der Waals surface area contributed by atoms with Gasteiger partial charge >= 0.3 is 6.18 Å². The number of alkyl halides is 3. The highest BCUT2D eigenvalue weighted by molar-refractivity contribution is 5.67. The molecule has 0 aliphatic heterocycles. The highest BCUT2D eigenvalue weighted by Crippen LogP contribution is 2.30. The summed E-state index contributed by atoms with van der Waals surface area (Å²) in [5, 5.41) is 8.26. The predicted molar refractivity (Wildman–Crippen MR) is 96.3 cm³/mol. The Morgan fingerprint density at radius 2 is 1.65 bits per heavy atom. The third-order valence-electron chi connectivity index (χ3n) is 4.14. The minimum absolute atomic E-state index is 0.203. The van der Waals surface area contributed by atoms with Crippen molar-refractivity contribution in [2.45, 2.75) is 13.1 Å². The van der Waals surface area contributed by atoms with Crippen LogP contribution in [0, 0.1) is 12.3 Å². The first-order valence-corrected chi connectivity index (χ1v) is 7.97. The van der Waals surface area contributed by atoms with Crippen molar-refractivity contribution in [3.8, 4) is 11.1 Å². The Morgan fingerprint density at radius 1 is 0.962 bits per heavy atom. The zero-order chi connectivity index (χ0) is 18.9. The van der Waals surface area contributed by atoms with Gasteiger partial charge in [-0.25, -0.2) is 0 Å². The molecule has 3 aromatic rings. The van der Waals surface area contributed by atoms with Crippen LogP contribution < -0.4 is 5.49 Å². The fourth-order valence-electron chi connectivity index (χ4n) is 2.73. The van der Waals surface area contributed by atoms with Gasteiger partial charge in [-0.1, -0.05) is 42.5 Å². The van der Waals surface area contributed by atoms with E-state index in [2.05, 4.69) is 6.58 Å². The molecule has 0 unspecified atom stereocenters. The number of benzene rings is 2. The number of nitrogens with one attached hydrogen (secondary N) is 1. The minimum atomic E-state index is -4.36. The highest BCUT2D eigenvalue weighted by atomic mass is 19.4. The number of pyridine rings is 1. The maximum atomic E-state index is 12.7. The summed E-state index contributed by atoms with van der Waals surface area (Å²) < 4.78 is 39.7. The first-order valence-electron chi connectivity index (χ1n) is 7.97. The zero-order valence-electron chi connectivity index (χ0n) is 14.1. The fraction of sp³-hybridized carbons (Fsp3) is 0.0952. The largest absolute Gasteiger partial charge is 0.416 e. The zero-order valence-corrected chi connectivity index (χ0v) is 14.1. The van der Waals surface area contributed by atoms with Crippen LogP contribution in [0.15, 0.2) is 73.4 Å². The lowest BCUT2D eigenvalue weighted by atomic mass is 10.0. The van der Waals surface area contributed by atoms with Crippen molar-refractivity contribution in [3.05, 3.63) is 95.6 Å². The molecule has 1 aromatic heterocycles. The van der Waals surface area contributed by atoms with Crippen LogP contribution in [-0.2, 0) is 6.18 Å². The van der Waals surface area contributed by atoms with Gasteiger partial charge < -0.3 is 4.57 Å². The molecule has 132 valence electrons. The van der Waals surface area contributed by atoms with E-state index in [9.17, 15) is 13.2 Å². The smallest absolute Gasteiger partial charge is 0.302 e. The van der Waals surface area contributed by atoms with Crippen molar-refractivity contribution < 1.29 is 13.2 Å². The van der Waals surface area contributed by atoms with E-state index in [0.29, 0.717) is 16.8 Å². The molecular formula is C21H17F3N2. The Balaban J connectivity index is 1.93. The van der Waals surface area contributed by atoms with Gasteiger partial charge in [0.2, 0.25) is 0 Å². The van der Waals surface area contributed by atoms with E-state index in [1.165, 1.54) is 12.1 Å². The number of aromatic nitrogens is 1. The van der Waals surface area contributed by atoms with Crippen LogP contribution in [0.4, 0.5) is 13.2 Å². The van der Waals surface area contributed by atoms with E-state index in [0.717, 1.165) is 23.3 Å². The van der Waals surface area contributed by atoms with Gasteiger partial charge in [0, 0.05) is 11.9 Å². The Bertz CT molecular complexity index is 1010. The molecule has 1 N–H and O–H groups in total. The average molecular weight is 354 g/mol. The SMILES string of the molecule is C=C(c1cccc(C)c1)n1ccc(-c2ccc(C(F)(F)F)cc2)cc1=N. The van der Waals surface area contributed by atoms with Crippen LogP contribution >= 0.6 is 0 Å². The standard InChI is InChI=1S/C21H17F3N2/c1-14-4-3-5-17(12-14)15(2)26-11-10-18(13-20(26)25)16-6-8-19(9-7-16)21(22,23)24/h3-13,25H,2H2,1H3. The Kier molecular flexibility index (Phi) is 4.55. The van der Waals surface area contributed by atoms with E-state index in [4.69, 9.17) is 5.41 Å². The third kappa shape index (κ3) is 3.61. The topological polar surface area (TPSA) is 28.8 Å². The first-order chi connectivity index (χ1) is 12.3. The maximum Gasteiger partial charge on any atom is 0.416 e. The molecule has 5 heteroatoms. The summed E-state index contributed by atoms with van der Waals surface area (Å²) in [6.45, 7) is 6.04. The summed E-state index contributed by atoms with van der Waals surface area (Å²) in [5.74, 6) is 0. The van der Waals surface area contributed by atoms with E-state index in [1.54, 1.807) is 22.9 Å². The van der Waals surface area contributed by atoms with Crippen LogP contribution in [0.1, 0.15) is 16.7 Å². The van der Waals surface area contributed by atoms with Crippen LogP contribution in [-0.4, -0.2) is 4.57 Å². The fourth-order valence-corrected chi connectivity index (χ4v) is 2.73. The Labute approximate surface area is 149 Å². The Morgan fingerprint density at radius 3 is 2.23 bits per heavy atom. The van der Waals surface area contributed by atoms with Crippen molar-refractivity contribution in [1.29, 1.82) is 5.41 Å². The third-order valence-corrected chi connectivity index (χ3v) is 4.14. The second kappa shape index (κ2) is 6.67. The van der Waals surface area contributed by atoms with Gasteiger partial charge in [-0.15, -0.1) is 0 Å². The lowest BCUT2D eigenvalue weighted by Crippen LogP contribution is -2.18. The number of hydrogen-bond donors (Lipinski definition) is 1. The van der Waals surface area contributed by atoms with Crippen molar-refractivity contribution in [2.24, 2.45) is 0 Å². The molecule has 0 saturated carbocycles. The van der Waals surface area contributed by atoms with Crippen LogP contribution in [0.3, 0.4) is 0 Å². The maximum absolute atomic E-state index is 12.7. The van der Waals surface area contributed by atoms with Crippen LogP contribution in [0.5, 0.6) is 0 Å². The summed E-state index contributed by atoms with van der Waals surface area (Å²) in [5.41, 5.74) is 3.48. The number of hydrogen-bond acceptors (Lipinski definition) is 1. The molecule has 0 atom stereocenters. The van der Waals surface area contributed by atoms with Gasteiger partial charge in [-0.2, -0.15) is 13.2 Å². The van der Waals surface area contributed by atoms with Gasteiger partial charge in [0.15, 0.2) is 0 Å². The summed E-state index contributed by atoms with van der Waals surface area (Å²) in [7, 11) is 0. The van der Waals surface area contributed by atoms with Gasteiger partial charge in [-0.05, 0) is 53.9 Å². The predicted octanol–water partition coefficient (Wildman–Crippen LogP) is 5.48. The molecule has 0 saturated heterocycles. The Hall–Kier alpha value is -3.08. The molecular weight excluding hydrogens is 337 g/mol. The molecule has 1 heterocycles. The molecule has 0 radical (unpaired) electrons. The normalized spacial score (nSPS) is 11.4. The average Bonchev–Trinajstić information content (AvgIpc) is 2.60. The van der Waals surface area contributed by atoms with E-state index < -0.39 is 11.7 Å². The first kappa shape index (κ1) is 17.7. The molecule has 2 nitrogen and oxygen atoms in total. The number of halogens is 3. The lowest BCUT2D eigenvalue weighted by molar-refractivity contribution is -0.137.